The molecule has 0 radical (unpaired) electrons. The van der Waals surface area contributed by atoms with Crippen molar-refractivity contribution in [2.45, 2.75) is 37.6 Å². The minimum Gasteiger partial charge on any atom is -0.344 e. The van der Waals surface area contributed by atoms with Crippen LogP contribution < -0.4 is 5.32 Å². The van der Waals surface area contributed by atoms with E-state index in [-0.39, 0.29) is 11.9 Å². The first kappa shape index (κ1) is 15.5. The van der Waals surface area contributed by atoms with Crippen molar-refractivity contribution >= 4 is 16.8 Å². The van der Waals surface area contributed by atoms with Gasteiger partial charge in [0.15, 0.2) is 0 Å². The van der Waals surface area contributed by atoms with Gasteiger partial charge in [0.05, 0.1) is 11.6 Å². The summed E-state index contributed by atoms with van der Waals surface area (Å²) in [7, 11) is 0. The predicted molar refractivity (Wildman–Crippen MR) is 101 cm³/mol. The summed E-state index contributed by atoms with van der Waals surface area (Å²) in [6.45, 7) is 0. The molecular formula is C22H21N3O. The number of rotatable bonds is 5. The average Bonchev–Trinajstić information content (AvgIpc) is 3.58. The molecule has 0 bridgehead atoms. The molecule has 1 N–H and O–H groups in total. The summed E-state index contributed by atoms with van der Waals surface area (Å²) in [5.41, 5.74) is 3.66. The van der Waals surface area contributed by atoms with Crippen LogP contribution in [0.4, 0.5) is 0 Å². The van der Waals surface area contributed by atoms with Crippen LogP contribution in [0.1, 0.15) is 59.3 Å². The van der Waals surface area contributed by atoms with E-state index in [9.17, 15) is 4.79 Å². The molecule has 1 unspecified atom stereocenters. The van der Waals surface area contributed by atoms with Crippen LogP contribution in [0.5, 0.6) is 0 Å². The van der Waals surface area contributed by atoms with E-state index in [1.165, 1.54) is 0 Å². The second-order valence-electron chi connectivity index (χ2n) is 7.47. The number of pyridine rings is 2. The summed E-state index contributed by atoms with van der Waals surface area (Å²) < 4.78 is 0. The first-order valence-corrected chi connectivity index (χ1v) is 9.40. The fourth-order valence-electron chi connectivity index (χ4n) is 3.69. The molecule has 1 aromatic carbocycles. The van der Waals surface area contributed by atoms with Crippen LogP contribution in [0, 0.1) is 5.92 Å². The standard InChI is InChI=1S/C22H21N3O/c26-22(25-20(15-9-10-15)17-5-3-11-23-13-17)21-18(14-7-8-14)12-16-4-1-2-6-19(16)24-21/h1-6,11-15,20H,7-10H2,(H,25,26). The van der Waals surface area contributed by atoms with Crippen molar-refractivity contribution in [3.8, 4) is 0 Å². The molecule has 130 valence electrons. The van der Waals surface area contributed by atoms with Gasteiger partial charge in [-0.3, -0.25) is 9.78 Å². The van der Waals surface area contributed by atoms with Gasteiger partial charge in [0.2, 0.25) is 0 Å². The quantitative estimate of drug-likeness (QED) is 0.747. The minimum absolute atomic E-state index is 0.0246. The molecule has 5 rings (SSSR count). The third kappa shape index (κ3) is 2.96. The minimum atomic E-state index is -0.0570. The first-order valence-electron chi connectivity index (χ1n) is 9.40. The van der Waals surface area contributed by atoms with Crippen LogP contribution in [0.25, 0.3) is 10.9 Å². The molecule has 0 aliphatic heterocycles. The molecule has 2 saturated carbocycles. The number of nitrogens with zero attached hydrogens (tertiary/aromatic N) is 2. The molecule has 2 heterocycles. The highest BCUT2D eigenvalue weighted by Crippen LogP contribution is 2.43. The number of benzene rings is 1. The highest BCUT2D eigenvalue weighted by atomic mass is 16.2. The Bertz CT molecular complexity index is 962. The van der Waals surface area contributed by atoms with Gasteiger partial charge in [-0.15, -0.1) is 0 Å². The van der Waals surface area contributed by atoms with E-state index in [1.54, 1.807) is 6.20 Å². The summed E-state index contributed by atoms with van der Waals surface area (Å²) in [6, 6.07) is 14.2. The van der Waals surface area contributed by atoms with Crippen LogP contribution >= 0.6 is 0 Å². The summed E-state index contributed by atoms with van der Waals surface area (Å²) >= 11 is 0. The molecule has 2 aliphatic carbocycles. The molecule has 2 aliphatic rings. The van der Waals surface area contributed by atoms with E-state index in [2.05, 4.69) is 22.4 Å². The maximum atomic E-state index is 13.2. The molecule has 4 nitrogen and oxygen atoms in total. The van der Waals surface area contributed by atoms with Gasteiger partial charge >= 0.3 is 0 Å². The van der Waals surface area contributed by atoms with Gasteiger partial charge in [0, 0.05) is 17.8 Å². The van der Waals surface area contributed by atoms with Gasteiger partial charge in [-0.05, 0) is 66.8 Å². The van der Waals surface area contributed by atoms with Crippen LogP contribution in [0.3, 0.4) is 0 Å². The van der Waals surface area contributed by atoms with E-state index >= 15 is 0 Å². The van der Waals surface area contributed by atoms with Crippen molar-refractivity contribution < 1.29 is 4.79 Å². The fraction of sp³-hybridized carbons (Fsp3) is 0.318. The summed E-state index contributed by atoms with van der Waals surface area (Å²) in [6.07, 6.45) is 8.23. The van der Waals surface area contributed by atoms with Crippen LogP contribution in [0.15, 0.2) is 54.9 Å². The monoisotopic (exact) mass is 343 g/mol. The third-order valence-electron chi connectivity index (χ3n) is 5.41. The zero-order valence-corrected chi connectivity index (χ0v) is 14.6. The molecule has 1 amide bonds. The number of hydrogen-bond donors (Lipinski definition) is 1. The smallest absolute Gasteiger partial charge is 0.270 e. The molecule has 26 heavy (non-hydrogen) atoms. The van der Waals surface area contributed by atoms with Crippen LogP contribution in [-0.4, -0.2) is 15.9 Å². The highest BCUT2D eigenvalue weighted by Gasteiger charge is 2.35. The number of para-hydroxylation sites is 1. The number of amides is 1. The average molecular weight is 343 g/mol. The van der Waals surface area contributed by atoms with Crippen LogP contribution in [0.2, 0.25) is 0 Å². The summed E-state index contributed by atoms with van der Waals surface area (Å²) in [5.74, 6) is 0.928. The van der Waals surface area contributed by atoms with E-state index in [0.717, 1.165) is 47.7 Å². The topological polar surface area (TPSA) is 54.9 Å². The largest absolute Gasteiger partial charge is 0.344 e. The van der Waals surface area contributed by atoms with Gasteiger partial charge in [0.1, 0.15) is 5.69 Å². The normalized spacial score (nSPS) is 17.8. The second kappa shape index (κ2) is 6.20. The van der Waals surface area contributed by atoms with Gasteiger partial charge in [0.25, 0.3) is 5.91 Å². The lowest BCUT2D eigenvalue weighted by Crippen LogP contribution is -2.31. The molecule has 0 spiro atoms. The number of carbonyl (C=O) groups excluding carboxylic acids is 1. The molecule has 2 aromatic heterocycles. The second-order valence-corrected chi connectivity index (χ2v) is 7.47. The molecular weight excluding hydrogens is 322 g/mol. The Balaban J connectivity index is 1.50. The van der Waals surface area contributed by atoms with Crippen molar-refractivity contribution in [1.29, 1.82) is 0 Å². The molecule has 1 atom stereocenters. The fourth-order valence-corrected chi connectivity index (χ4v) is 3.69. The van der Waals surface area contributed by atoms with Crippen molar-refractivity contribution in [2.75, 3.05) is 0 Å². The highest BCUT2D eigenvalue weighted by molar-refractivity contribution is 5.97. The predicted octanol–water partition coefficient (Wildman–Crippen LogP) is 4.39. The lowest BCUT2D eigenvalue weighted by atomic mass is 10.0. The Morgan fingerprint density at radius 2 is 1.92 bits per heavy atom. The zero-order chi connectivity index (χ0) is 17.5. The van der Waals surface area contributed by atoms with Crippen molar-refractivity contribution in [1.82, 2.24) is 15.3 Å². The van der Waals surface area contributed by atoms with E-state index < -0.39 is 0 Å². The number of nitrogens with one attached hydrogen (secondary N) is 1. The lowest BCUT2D eigenvalue weighted by molar-refractivity contribution is 0.0926. The van der Waals surface area contributed by atoms with E-state index in [0.29, 0.717) is 17.5 Å². The maximum Gasteiger partial charge on any atom is 0.270 e. The van der Waals surface area contributed by atoms with Crippen molar-refractivity contribution in [2.24, 2.45) is 5.92 Å². The number of carbonyl (C=O) groups is 1. The van der Waals surface area contributed by atoms with Gasteiger partial charge in [-0.25, -0.2) is 4.98 Å². The zero-order valence-electron chi connectivity index (χ0n) is 14.6. The Kier molecular flexibility index (Phi) is 3.70. The SMILES string of the molecule is O=C(NC(c1cccnc1)C1CC1)c1nc2ccccc2cc1C1CC1. The summed E-state index contributed by atoms with van der Waals surface area (Å²) in [5, 5.41) is 4.37. The van der Waals surface area contributed by atoms with Crippen molar-refractivity contribution in [3.05, 3.63) is 71.7 Å². The summed E-state index contributed by atoms with van der Waals surface area (Å²) in [4.78, 5) is 22.1. The Morgan fingerprint density at radius 1 is 1.08 bits per heavy atom. The third-order valence-corrected chi connectivity index (χ3v) is 5.41. The lowest BCUT2D eigenvalue weighted by Gasteiger charge is -2.19. The number of hydrogen-bond acceptors (Lipinski definition) is 3. The molecule has 0 saturated heterocycles. The van der Waals surface area contributed by atoms with Gasteiger partial charge in [-0.2, -0.15) is 0 Å². The first-order chi connectivity index (χ1) is 12.8. The molecule has 4 heteroatoms. The Labute approximate surface area is 152 Å². The Hall–Kier alpha value is -2.75. The Morgan fingerprint density at radius 3 is 2.65 bits per heavy atom. The number of fused-ring (bicyclic) bond motifs is 1. The van der Waals surface area contributed by atoms with Crippen molar-refractivity contribution in [3.63, 3.8) is 0 Å². The van der Waals surface area contributed by atoms with Crippen LogP contribution in [-0.2, 0) is 0 Å². The van der Waals surface area contributed by atoms with Gasteiger partial charge in [-0.1, -0.05) is 24.3 Å². The maximum absolute atomic E-state index is 13.2. The van der Waals surface area contributed by atoms with E-state index in [4.69, 9.17) is 4.98 Å². The number of aromatic nitrogens is 2. The van der Waals surface area contributed by atoms with E-state index in [1.807, 2.05) is 36.5 Å². The van der Waals surface area contributed by atoms with Gasteiger partial charge < -0.3 is 5.32 Å². The molecule has 2 fully saturated rings. The molecule has 3 aromatic rings.